The second-order valence-electron chi connectivity index (χ2n) is 7.16. The van der Waals surface area contributed by atoms with Gasteiger partial charge in [0.1, 0.15) is 27.9 Å². The Bertz CT molecular complexity index is 1660. The standard InChI is InChI=1S/C24H15BrClN3O4S/c1-15-12-17(7-10-21(15)26)33-23-20(24(30)29-11-3-2-4-22(29)28-23)13-19(14-27)34(31,32)18-8-5-16(25)6-9-18/h2-13H,1H3/b19-13+. The first-order valence-corrected chi connectivity index (χ1v) is 12.4. The van der Waals surface area contributed by atoms with Crippen LogP contribution in [0.15, 0.2) is 85.9 Å². The lowest BCUT2D eigenvalue weighted by molar-refractivity contribution is 0.460. The summed E-state index contributed by atoms with van der Waals surface area (Å²) in [5.74, 6) is 0.203. The second-order valence-corrected chi connectivity index (χ2v) is 10.4. The van der Waals surface area contributed by atoms with Crippen LogP contribution < -0.4 is 10.3 Å². The van der Waals surface area contributed by atoms with Crippen LogP contribution in [0.25, 0.3) is 11.7 Å². The molecule has 0 unspecified atom stereocenters. The molecule has 0 radical (unpaired) electrons. The van der Waals surface area contributed by atoms with E-state index in [9.17, 15) is 18.5 Å². The Hall–Kier alpha value is -3.45. The molecule has 2 heterocycles. The Kier molecular flexibility index (Phi) is 6.57. The molecule has 0 aliphatic rings. The summed E-state index contributed by atoms with van der Waals surface area (Å²) in [7, 11) is -4.21. The summed E-state index contributed by atoms with van der Waals surface area (Å²) in [4.78, 5) is 17.0. The predicted molar refractivity (Wildman–Crippen MR) is 133 cm³/mol. The number of aryl methyl sites for hydroxylation is 1. The largest absolute Gasteiger partial charge is 0.438 e. The van der Waals surface area contributed by atoms with Gasteiger partial charge < -0.3 is 4.74 Å². The third-order valence-electron chi connectivity index (χ3n) is 4.88. The molecule has 10 heteroatoms. The minimum atomic E-state index is -4.21. The number of rotatable bonds is 5. The van der Waals surface area contributed by atoms with Crippen LogP contribution in [0.2, 0.25) is 5.02 Å². The molecule has 0 saturated carbocycles. The normalized spacial score (nSPS) is 11.9. The molecule has 0 N–H and O–H groups in total. The van der Waals surface area contributed by atoms with Crippen molar-refractivity contribution in [3.05, 3.63) is 103 Å². The summed E-state index contributed by atoms with van der Waals surface area (Å²) < 4.78 is 34.0. The lowest BCUT2D eigenvalue weighted by atomic mass is 10.2. The lowest BCUT2D eigenvalue weighted by Gasteiger charge is -2.11. The average molecular weight is 557 g/mol. The van der Waals surface area contributed by atoms with E-state index < -0.39 is 20.3 Å². The minimum absolute atomic E-state index is 0.0897. The van der Waals surface area contributed by atoms with Crippen LogP contribution in [0.4, 0.5) is 0 Å². The molecule has 0 aliphatic carbocycles. The summed E-state index contributed by atoms with van der Waals surface area (Å²) in [6.45, 7) is 1.79. The highest BCUT2D eigenvalue weighted by Gasteiger charge is 2.23. The van der Waals surface area contributed by atoms with E-state index in [0.29, 0.717) is 20.9 Å². The van der Waals surface area contributed by atoms with Crippen molar-refractivity contribution in [1.82, 2.24) is 9.38 Å². The van der Waals surface area contributed by atoms with Gasteiger partial charge in [-0.25, -0.2) is 8.42 Å². The third kappa shape index (κ3) is 4.61. The Morgan fingerprint density at radius 1 is 1.18 bits per heavy atom. The van der Waals surface area contributed by atoms with E-state index >= 15 is 0 Å². The number of aromatic nitrogens is 2. The van der Waals surface area contributed by atoms with Crippen molar-refractivity contribution in [1.29, 1.82) is 5.26 Å². The van der Waals surface area contributed by atoms with E-state index in [-0.39, 0.29) is 16.3 Å². The molecule has 0 spiro atoms. The number of hydrogen-bond donors (Lipinski definition) is 0. The predicted octanol–water partition coefficient (Wildman–Crippen LogP) is 5.55. The van der Waals surface area contributed by atoms with Crippen LogP contribution in [0.1, 0.15) is 11.1 Å². The fourth-order valence-electron chi connectivity index (χ4n) is 3.12. The smallest absolute Gasteiger partial charge is 0.269 e. The number of hydrogen-bond acceptors (Lipinski definition) is 6. The molecule has 0 amide bonds. The maximum Gasteiger partial charge on any atom is 0.269 e. The molecular weight excluding hydrogens is 542 g/mol. The molecule has 170 valence electrons. The van der Waals surface area contributed by atoms with Crippen molar-refractivity contribution in [2.24, 2.45) is 0 Å². The summed E-state index contributed by atoms with van der Waals surface area (Å²) >= 11 is 9.34. The van der Waals surface area contributed by atoms with Crippen LogP contribution in [0.3, 0.4) is 0 Å². The van der Waals surface area contributed by atoms with Crippen molar-refractivity contribution in [2.45, 2.75) is 11.8 Å². The fourth-order valence-corrected chi connectivity index (χ4v) is 4.64. The molecule has 2 aromatic heterocycles. The average Bonchev–Trinajstić information content (AvgIpc) is 2.81. The number of benzene rings is 2. The number of sulfone groups is 1. The topological polar surface area (TPSA) is 102 Å². The highest BCUT2D eigenvalue weighted by Crippen LogP contribution is 2.29. The van der Waals surface area contributed by atoms with Crippen molar-refractivity contribution in [3.8, 4) is 17.7 Å². The summed E-state index contributed by atoms with van der Waals surface area (Å²) in [5, 5.41) is 10.2. The van der Waals surface area contributed by atoms with E-state index in [1.165, 1.54) is 22.7 Å². The second kappa shape index (κ2) is 9.43. The zero-order chi connectivity index (χ0) is 24.5. The molecule has 2 aromatic carbocycles. The summed E-state index contributed by atoms with van der Waals surface area (Å²) in [5.41, 5.74) is 0.252. The van der Waals surface area contributed by atoms with Gasteiger partial charge in [-0.2, -0.15) is 10.2 Å². The van der Waals surface area contributed by atoms with Gasteiger partial charge in [-0.1, -0.05) is 33.6 Å². The van der Waals surface area contributed by atoms with Gasteiger partial charge in [0.15, 0.2) is 0 Å². The zero-order valence-electron chi connectivity index (χ0n) is 17.6. The van der Waals surface area contributed by atoms with Gasteiger partial charge in [0.2, 0.25) is 15.7 Å². The maximum atomic E-state index is 13.3. The van der Waals surface area contributed by atoms with Gasteiger partial charge in [-0.15, -0.1) is 0 Å². The quantitative estimate of drug-likeness (QED) is 0.299. The number of allylic oxidation sites excluding steroid dienone is 1. The van der Waals surface area contributed by atoms with Crippen molar-refractivity contribution < 1.29 is 13.2 Å². The monoisotopic (exact) mass is 555 g/mol. The molecule has 0 atom stereocenters. The first-order chi connectivity index (χ1) is 16.2. The van der Waals surface area contributed by atoms with Crippen LogP contribution in [-0.2, 0) is 9.84 Å². The highest BCUT2D eigenvalue weighted by molar-refractivity contribution is 9.10. The first kappa shape index (κ1) is 23.7. The fraction of sp³-hybridized carbons (Fsp3) is 0.0417. The molecule has 7 nitrogen and oxygen atoms in total. The van der Waals surface area contributed by atoms with Crippen LogP contribution in [-0.4, -0.2) is 17.8 Å². The van der Waals surface area contributed by atoms with Crippen molar-refractivity contribution in [3.63, 3.8) is 0 Å². The highest BCUT2D eigenvalue weighted by atomic mass is 79.9. The van der Waals surface area contributed by atoms with E-state index in [2.05, 4.69) is 20.9 Å². The molecule has 4 aromatic rings. The van der Waals surface area contributed by atoms with Gasteiger partial charge in [-0.05, 0) is 73.2 Å². The van der Waals surface area contributed by atoms with Gasteiger partial charge in [0, 0.05) is 15.7 Å². The van der Waals surface area contributed by atoms with Crippen molar-refractivity contribution in [2.75, 3.05) is 0 Å². The lowest BCUT2D eigenvalue weighted by Crippen LogP contribution is -2.19. The van der Waals surface area contributed by atoms with Crippen LogP contribution in [0.5, 0.6) is 11.6 Å². The van der Waals surface area contributed by atoms with E-state index in [0.717, 1.165) is 11.6 Å². The van der Waals surface area contributed by atoms with Crippen LogP contribution >= 0.6 is 27.5 Å². The minimum Gasteiger partial charge on any atom is -0.438 e. The number of fused-ring (bicyclic) bond motifs is 1. The molecule has 0 bridgehead atoms. The maximum absolute atomic E-state index is 13.3. The molecule has 0 saturated heterocycles. The Morgan fingerprint density at radius 3 is 2.59 bits per heavy atom. The third-order valence-corrected chi connectivity index (χ3v) is 7.51. The van der Waals surface area contributed by atoms with Gasteiger partial charge in [0.25, 0.3) is 5.56 Å². The van der Waals surface area contributed by atoms with E-state index in [1.807, 2.05) is 0 Å². The van der Waals surface area contributed by atoms with Gasteiger partial charge in [-0.3, -0.25) is 9.20 Å². The molecule has 34 heavy (non-hydrogen) atoms. The number of nitriles is 1. The molecule has 0 fully saturated rings. The summed E-state index contributed by atoms with van der Waals surface area (Å²) in [6.07, 6.45) is 2.48. The number of pyridine rings is 1. The van der Waals surface area contributed by atoms with E-state index in [4.69, 9.17) is 16.3 Å². The van der Waals surface area contributed by atoms with E-state index in [1.54, 1.807) is 61.5 Å². The molecular formula is C24H15BrClN3O4S. The SMILES string of the molecule is Cc1cc(Oc2nc3ccccn3c(=O)c2/C=C(\C#N)S(=O)(=O)c2ccc(Br)cc2)ccc1Cl. The van der Waals surface area contributed by atoms with Crippen LogP contribution in [0, 0.1) is 18.3 Å². The summed E-state index contributed by atoms with van der Waals surface area (Å²) in [6, 6.07) is 17.4. The zero-order valence-corrected chi connectivity index (χ0v) is 20.7. The van der Waals surface area contributed by atoms with Crippen molar-refractivity contribution >= 4 is 49.1 Å². The number of nitrogens with zero attached hydrogens (tertiary/aromatic N) is 3. The first-order valence-electron chi connectivity index (χ1n) is 9.78. The number of ether oxygens (including phenoxy) is 1. The van der Waals surface area contributed by atoms with Gasteiger partial charge in [0.05, 0.1) is 4.90 Å². The molecule has 0 aliphatic heterocycles. The Labute approximate surface area is 208 Å². The Balaban J connectivity index is 1.93. The Morgan fingerprint density at radius 2 is 1.91 bits per heavy atom. The number of halogens is 2. The molecule has 4 rings (SSSR count). The van der Waals surface area contributed by atoms with Gasteiger partial charge >= 0.3 is 0 Å².